The Balaban J connectivity index is 1.63. The molecule has 4 nitrogen and oxygen atoms in total. The van der Waals surface area contributed by atoms with Crippen molar-refractivity contribution in [2.75, 3.05) is 0 Å². The zero-order chi connectivity index (χ0) is 17.1. The van der Waals surface area contributed by atoms with Gasteiger partial charge in [-0.05, 0) is 37.3 Å². The van der Waals surface area contributed by atoms with Crippen molar-refractivity contribution in [3.8, 4) is 0 Å². The molecule has 1 aliphatic carbocycles. The summed E-state index contributed by atoms with van der Waals surface area (Å²) >= 11 is 0. The third-order valence-corrected chi connectivity index (χ3v) is 5.67. The van der Waals surface area contributed by atoms with Gasteiger partial charge in [-0.15, -0.1) is 0 Å². The second-order valence-corrected chi connectivity index (χ2v) is 7.22. The first-order valence-corrected chi connectivity index (χ1v) is 9.15. The number of carbonyl (C=O) groups excluding carboxylic acids is 1. The highest BCUT2D eigenvalue weighted by atomic mass is 19.1. The molecule has 2 aliphatic rings. The summed E-state index contributed by atoms with van der Waals surface area (Å²) in [6.07, 6.45) is 4.60. The van der Waals surface area contributed by atoms with Gasteiger partial charge in [0.05, 0.1) is 18.8 Å². The zero-order valence-corrected chi connectivity index (χ0v) is 14.2. The number of unbranched alkanes of at least 4 members (excludes halogenated alkanes) is 1. The first-order valence-electron chi connectivity index (χ1n) is 9.15. The Morgan fingerprint density at radius 3 is 2.96 bits per heavy atom. The van der Waals surface area contributed by atoms with E-state index in [9.17, 15) is 14.3 Å². The van der Waals surface area contributed by atoms with E-state index >= 15 is 0 Å². The smallest absolute Gasteiger partial charge is 0.306 e. The average molecular weight is 338 g/mol. The van der Waals surface area contributed by atoms with Crippen LogP contribution >= 0.6 is 0 Å². The molecular formula is C19H27FO4. The number of furan rings is 1. The van der Waals surface area contributed by atoms with E-state index in [4.69, 9.17) is 9.15 Å². The molecule has 0 bridgehead atoms. The molecule has 1 N–H and O–H groups in total. The molecule has 2 heterocycles. The first-order chi connectivity index (χ1) is 11.6. The number of ether oxygens (including phenoxy) is 1. The Kier molecular flexibility index (Phi) is 5.59. The normalized spacial score (nSPS) is 31.7. The van der Waals surface area contributed by atoms with Crippen LogP contribution in [-0.2, 0) is 9.53 Å². The lowest BCUT2D eigenvalue weighted by molar-refractivity contribution is -0.141. The summed E-state index contributed by atoms with van der Waals surface area (Å²) in [6.45, 7) is 2.06. The molecule has 6 atom stereocenters. The van der Waals surface area contributed by atoms with E-state index in [1.54, 1.807) is 12.3 Å². The molecular weight excluding hydrogens is 311 g/mol. The van der Waals surface area contributed by atoms with Crippen LogP contribution in [0.4, 0.5) is 4.39 Å². The summed E-state index contributed by atoms with van der Waals surface area (Å²) < 4.78 is 25.5. The number of alkyl halides is 1. The number of hydrogen-bond donors (Lipinski definition) is 1. The highest BCUT2D eigenvalue weighted by molar-refractivity contribution is 5.72. The second-order valence-electron chi connectivity index (χ2n) is 7.22. The maximum atomic E-state index is 14.7. The van der Waals surface area contributed by atoms with Crippen LogP contribution in [0.2, 0.25) is 0 Å². The molecule has 1 aliphatic heterocycles. The molecule has 3 rings (SSSR count). The molecule has 2 fully saturated rings. The van der Waals surface area contributed by atoms with E-state index in [2.05, 4.69) is 6.92 Å². The summed E-state index contributed by atoms with van der Waals surface area (Å²) in [5, 5.41) is 10.3. The third kappa shape index (κ3) is 3.66. The number of rotatable bonds is 8. The summed E-state index contributed by atoms with van der Waals surface area (Å²) in [7, 11) is 0. The molecule has 24 heavy (non-hydrogen) atoms. The zero-order valence-electron chi connectivity index (χ0n) is 14.2. The molecule has 0 radical (unpaired) electrons. The van der Waals surface area contributed by atoms with Gasteiger partial charge in [-0.25, -0.2) is 4.39 Å². The van der Waals surface area contributed by atoms with Crippen molar-refractivity contribution in [2.24, 2.45) is 11.8 Å². The fraction of sp³-hybridized carbons (Fsp3) is 0.737. The average Bonchev–Trinajstić information content (AvgIpc) is 3.24. The molecule has 2 unspecified atom stereocenters. The van der Waals surface area contributed by atoms with Crippen LogP contribution < -0.4 is 0 Å². The lowest BCUT2D eigenvalue weighted by Gasteiger charge is -2.24. The standard InChI is InChI=1S/C19H27FO4/c1-2-3-5-15(20)13(17-6-4-9-23-17)8-7-12-14-10-19(22)24-18(14)11-16(12)21/h4,6,9,12-16,18,21H,2-3,5,7-8,10-11H2,1H3/t12-,13?,14-,15?,16-,18+/m1/s1. The number of fused-ring (bicyclic) bond motifs is 1. The van der Waals surface area contributed by atoms with E-state index in [0.29, 0.717) is 37.9 Å². The van der Waals surface area contributed by atoms with Gasteiger partial charge in [-0.3, -0.25) is 4.79 Å². The predicted molar refractivity (Wildman–Crippen MR) is 87.2 cm³/mol. The van der Waals surface area contributed by atoms with Crippen LogP contribution in [0.15, 0.2) is 22.8 Å². The van der Waals surface area contributed by atoms with Crippen molar-refractivity contribution in [2.45, 2.75) is 76.2 Å². The molecule has 1 aromatic rings. The Morgan fingerprint density at radius 1 is 1.42 bits per heavy atom. The minimum Gasteiger partial charge on any atom is -0.469 e. The van der Waals surface area contributed by atoms with Gasteiger partial charge in [-0.1, -0.05) is 19.8 Å². The molecule has 1 aromatic heterocycles. The number of hydrogen-bond acceptors (Lipinski definition) is 4. The number of aliphatic hydroxyl groups excluding tert-OH is 1. The topological polar surface area (TPSA) is 59.7 Å². The summed E-state index contributed by atoms with van der Waals surface area (Å²) in [5.74, 6) is 0.323. The Morgan fingerprint density at radius 2 is 2.25 bits per heavy atom. The molecule has 0 amide bonds. The van der Waals surface area contributed by atoms with Crippen LogP contribution in [0.25, 0.3) is 0 Å². The van der Waals surface area contributed by atoms with Crippen molar-refractivity contribution in [1.29, 1.82) is 0 Å². The van der Waals surface area contributed by atoms with E-state index in [-0.39, 0.29) is 29.8 Å². The van der Waals surface area contributed by atoms with E-state index in [0.717, 1.165) is 12.8 Å². The van der Waals surface area contributed by atoms with Gasteiger partial charge >= 0.3 is 5.97 Å². The molecule has 0 aromatic carbocycles. The molecule has 0 spiro atoms. The van der Waals surface area contributed by atoms with Gasteiger partial charge in [0, 0.05) is 18.3 Å². The van der Waals surface area contributed by atoms with Crippen LogP contribution in [0.3, 0.4) is 0 Å². The van der Waals surface area contributed by atoms with Gasteiger partial charge in [0.1, 0.15) is 18.0 Å². The van der Waals surface area contributed by atoms with Crippen molar-refractivity contribution in [1.82, 2.24) is 0 Å². The van der Waals surface area contributed by atoms with Crippen LogP contribution in [0.5, 0.6) is 0 Å². The Hall–Kier alpha value is -1.36. The molecule has 5 heteroatoms. The fourth-order valence-corrected chi connectivity index (χ4v) is 4.36. The van der Waals surface area contributed by atoms with E-state index in [1.165, 1.54) is 0 Å². The molecule has 134 valence electrons. The SMILES string of the molecule is CCCCC(F)C(CC[C@@H]1[C@H]2CC(=O)O[C@H]2C[C@H]1O)c1ccco1. The number of halogens is 1. The van der Waals surface area contributed by atoms with Gasteiger partial charge < -0.3 is 14.3 Å². The minimum absolute atomic E-state index is 0.0114. The molecule has 1 saturated carbocycles. The lowest BCUT2D eigenvalue weighted by Crippen LogP contribution is -2.22. The maximum Gasteiger partial charge on any atom is 0.306 e. The first kappa shape index (κ1) is 17.5. The minimum atomic E-state index is -0.938. The largest absolute Gasteiger partial charge is 0.469 e. The van der Waals surface area contributed by atoms with E-state index < -0.39 is 12.3 Å². The summed E-state index contributed by atoms with van der Waals surface area (Å²) in [6, 6.07) is 3.62. The van der Waals surface area contributed by atoms with Crippen LogP contribution in [0, 0.1) is 11.8 Å². The van der Waals surface area contributed by atoms with Crippen LogP contribution in [-0.4, -0.2) is 29.5 Å². The quantitative estimate of drug-likeness (QED) is 0.728. The Labute approximate surface area is 142 Å². The highest BCUT2D eigenvalue weighted by Gasteiger charge is 2.49. The monoisotopic (exact) mass is 338 g/mol. The Bertz CT molecular complexity index is 529. The predicted octanol–water partition coefficient (Wildman–Crippen LogP) is 3.98. The van der Waals surface area contributed by atoms with Gasteiger partial charge in [-0.2, -0.15) is 0 Å². The van der Waals surface area contributed by atoms with Gasteiger partial charge in [0.15, 0.2) is 0 Å². The highest BCUT2D eigenvalue weighted by Crippen LogP contribution is 2.45. The van der Waals surface area contributed by atoms with E-state index in [1.807, 2.05) is 6.07 Å². The van der Waals surface area contributed by atoms with Crippen molar-refractivity contribution < 1.29 is 23.4 Å². The summed E-state index contributed by atoms with van der Waals surface area (Å²) in [4.78, 5) is 11.5. The van der Waals surface area contributed by atoms with Crippen molar-refractivity contribution in [3.05, 3.63) is 24.2 Å². The van der Waals surface area contributed by atoms with Crippen LogP contribution in [0.1, 0.15) is 63.5 Å². The molecule has 1 saturated heterocycles. The van der Waals surface area contributed by atoms with Gasteiger partial charge in [0.2, 0.25) is 0 Å². The number of carbonyl (C=O) groups is 1. The second kappa shape index (κ2) is 7.68. The third-order valence-electron chi connectivity index (χ3n) is 5.67. The van der Waals surface area contributed by atoms with Gasteiger partial charge in [0.25, 0.3) is 0 Å². The van der Waals surface area contributed by atoms with Crippen molar-refractivity contribution in [3.63, 3.8) is 0 Å². The van der Waals surface area contributed by atoms with Crippen molar-refractivity contribution >= 4 is 5.97 Å². The summed E-state index contributed by atoms with van der Waals surface area (Å²) in [5.41, 5.74) is 0. The lowest BCUT2D eigenvalue weighted by atomic mass is 9.83. The maximum absolute atomic E-state index is 14.7. The fourth-order valence-electron chi connectivity index (χ4n) is 4.36. The number of aliphatic hydroxyl groups is 1. The number of esters is 1.